The molecule has 0 aliphatic heterocycles. The second-order valence-electron chi connectivity index (χ2n) is 6.36. The molecule has 2 atom stereocenters. The van der Waals surface area contributed by atoms with Gasteiger partial charge in [-0.15, -0.1) is 0 Å². The summed E-state index contributed by atoms with van der Waals surface area (Å²) in [7, 11) is 1.55. The van der Waals surface area contributed by atoms with Crippen LogP contribution in [0.25, 0.3) is 5.69 Å². The summed E-state index contributed by atoms with van der Waals surface area (Å²) in [5.74, 6) is -0.393. The predicted molar refractivity (Wildman–Crippen MR) is 108 cm³/mol. The monoisotopic (exact) mass is 414 g/mol. The van der Waals surface area contributed by atoms with Crippen molar-refractivity contribution >= 4 is 23.2 Å². The summed E-state index contributed by atoms with van der Waals surface area (Å²) in [6, 6.07) is 14.4. The van der Waals surface area contributed by atoms with E-state index in [1.165, 1.54) is 22.9 Å². The first-order valence-corrected chi connectivity index (χ1v) is 9.17. The van der Waals surface area contributed by atoms with Crippen LogP contribution < -0.4 is 5.32 Å². The number of nitro benzene ring substituents is 1. The number of carbonyl (C=O) groups excluding carboxylic acids is 1. The molecule has 0 radical (unpaired) electrons. The quantitative estimate of drug-likeness (QED) is 0.466. The minimum Gasteiger partial charge on any atom is -0.375 e. The van der Waals surface area contributed by atoms with Crippen LogP contribution in [-0.2, 0) is 4.74 Å². The van der Waals surface area contributed by atoms with Gasteiger partial charge in [-0.05, 0) is 25.1 Å². The first kappa shape index (κ1) is 20.5. The summed E-state index contributed by atoms with van der Waals surface area (Å²) < 4.78 is 6.95. The lowest BCUT2D eigenvalue weighted by atomic mass is 10.0. The first-order valence-electron chi connectivity index (χ1n) is 8.79. The van der Waals surface area contributed by atoms with E-state index in [2.05, 4.69) is 10.4 Å². The molecular weight excluding hydrogens is 396 g/mol. The molecule has 1 N–H and O–H groups in total. The number of nitrogens with zero attached hydrogens (tertiary/aromatic N) is 3. The molecule has 1 amide bonds. The van der Waals surface area contributed by atoms with Gasteiger partial charge in [-0.1, -0.05) is 35.9 Å². The van der Waals surface area contributed by atoms with Gasteiger partial charge in [-0.3, -0.25) is 14.9 Å². The molecule has 3 rings (SSSR count). The van der Waals surface area contributed by atoms with Crippen molar-refractivity contribution in [2.75, 3.05) is 7.11 Å². The van der Waals surface area contributed by atoms with Crippen LogP contribution in [0.5, 0.6) is 0 Å². The van der Waals surface area contributed by atoms with E-state index in [0.717, 1.165) is 5.56 Å². The minimum atomic E-state index is -0.484. The maximum atomic E-state index is 12.6. The lowest BCUT2D eigenvalue weighted by molar-refractivity contribution is -0.384. The van der Waals surface area contributed by atoms with Crippen molar-refractivity contribution in [3.8, 4) is 5.69 Å². The van der Waals surface area contributed by atoms with Crippen molar-refractivity contribution in [2.24, 2.45) is 0 Å². The molecule has 3 aromatic rings. The largest absolute Gasteiger partial charge is 0.375 e. The van der Waals surface area contributed by atoms with Gasteiger partial charge in [0.05, 0.1) is 16.7 Å². The number of nitro groups is 1. The van der Waals surface area contributed by atoms with Crippen LogP contribution in [0.2, 0.25) is 5.02 Å². The number of hydrogen-bond donors (Lipinski definition) is 1. The molecule has 0 aliphatic rings. The number of amides is 1. The van der Waals surface area contributed by atoms with Gasteiger partial charge in [0.15, 0.2) is 5.69 Å². The SMILES string of the molecule is CO[C@@H](c1ccccc1Cl)[C@@H](C)NC(=O)c1ccn(-c2cccc([N+](=O)[O-])c2)n1. The fourth-order valence-electron chi connectivity index (χ4n) is 3.00. The van der Waals surface area contributed by atoms with E-state index in [4.69, 9.17) is 16.3 Å². The summed E-state index contributed by atoms with van der Waals surface area (Å²) in [6.07, 6.45) is 1.13. The number of nitrogens with one attached hydrogen (secondary N) is 1. The van der Waals surface area contributed by atoms with E-state index in [0.29, 0.717) is 10.7 Å². The molecule has 29 heavy (non-hydrogen) atoms. The molecule has 9 heteroatoms. The summed E-state index contributed by atoms with van der Waals surface area (Å²) in [5.41, 5.74) is 1.38. The highest BCUT2D eigenvalue weighted by Gasteiger charge is 2.24. The number of non-ortho nitro benzene ring substituents is 1. The Morgan fingerprint density at radius 3 is 2.69 bits per heavy atom. The molecule has 1 heterocycles. The molecule has 0 spiro atoms. The average Bonchev–Trinajstić information content (AvgIpc) is 3.20. The van der Waals surface area contributed by atoms with Gasteiger partial charge in [0.2, 0.25) is 0 Å². The van der Waals surface area contributed by atoms with Crippen LogP contribution >= 0.6 is 11.6 Å². The normalized spacial score (nSPS) is 12.9. The Balaban J connectivity index is 1.75. The van der Waals surface area contributed by atoms with Crippen molar-refractivity contribution in [3.05, 3.63) is 87.2 Å². The third-order valence-corrected chi connectivity index (χ3v) is 4.75. The van der Waals surface area contributed by atoms with E-state index in [-0.39, 0.29) is 17.4 Å². The highest BCUT2D eigenvalue weighted by molar-refractivity contribution is 6.31. The van der Waals surface area contributed by atoms with Crippen molar-refractivity contribution in [3.63, 3.8) is 0 Å². The number of rotatable bonds is 7. The van der Waals surface area contributed by atoms with E-state index in [1.807, 2.05) is 25.1 Å². The van der Waals surface area contributed by atoms with Gasteiger partial charge in [-0.25, -0.2) is 4.68 Å². The zero-order chi connectivity index (χ0) is 21.0. The third-order valence-electron chi connectivity index (χ3n) is 4.41. The molecule has 0 saturated carbocycles. The van der Waals surface area contributed by atoms with E-state index >= 15 is 0 Å². The Morgan fingerprint density at radius 2 is 2.00 bits per heavy atom. The minimum absolute atomic E-state index is 0.0553. The number of halogens is 1. The lowest BCUT2D eigenvalue weighted by Crippen LogP contribution is -2.38. The molecule has 0 bridgehead atoms. The highest BCUT2D eigenvalue weighted by Crippen LogP contribution is 2.27. The molecule has 8 nitrogen and oxygen atoms in total. The van der Waals surface area contributed by atoms with Crippen LogP contribution in [0.15, 0.2) is 60.8 Å². The third kappa shape index (κ3) is 4.61. The van der Waals surface area contributed by atoms with Gasteiger partial charge < -0.3 is 10.1 Å². The molecule has 0 saturated heterocycles. The number of methoxy groups -OCH3 is 1. The second kappa shape index (κ2) is 8.85. The Labute approximate surface area is 172 Å². The van der Waals surface area contributed by atoms with Crippen LogP contribution in [0.1, 0.15) is 29.1 Å². The maximum absolute atomic E-state index is 12.6. The molecule has 0 aliphatic carbocycles. The number of ether oxygens (including phenoxy) is 1. The van der Waals surface area contributed by atoms with Gasteiger partial charge in [0.25, 0.3) is 11.6 Å². The Bertz CT molecular complexity index is 1040. The van der Waals surface area contributed by atoms with Gasteiger partial charge in [0, 0.05) is 36.0 Å². The second-order valence-corrected chi connectivity index (χ2v) is 6.77. The van der Waals surface area contributed by atoms with Gasteiger partial charge in [0.1, 0.15) is 6.10 Å². The zero-order valence-electron chi connectivity index (χ0n) is 15.8. The molecule has 0 fully saturated rings. The smallest absolute Gasteiger partial charge is 0.272 e. The molecular formula is C20H19ClN4O4. The summed E-state index contributed by atoms with van der Waals surface area (Å²) in [6.45, 7) is 1.81. The van der Waals surface area contributed by atoms with Gasteiger partial charge in [-0.2, -0.15) is 5.10 Å². The van der Waals surface area contributed by atoms with E-state index in [1.54, 1.807) is 31.5 Å². The van der Waals surface area contributed by atoms with Crippen LogP contribution in [-0.4, -0.2) is 33.8 Å². The number of aromatic nitrogens is 2. The lowest BCUT2D eigenvalue weighted by Gasteiger charge is -2.24. The summed E-state index contributed by atoms with van der Waals surface area (Å²) >= 11 is 6.25. The van der Waals surface area contributed by atoms with Crippen molar-refractivity contribution in [1.29, 1.82) is 0 Å². The van der Waals surface area contributed by atoms with E-state index in [9.17, 15) is 14.9 Å². The zero-order valence-corrected chi connectivity index (χ0v) is 16.5. The Morgan fingerprint density at radius 1 is 1.24 bits per heavy atom. The van der Waals surface area contributed by atoms with E-state index < -0.39 is 16.9 Å². The topological polar surface area (TPSA) is 99.3 Å². The highest BCUT2D eigenvalue weighted by atomic mass is 35.5. The fraction of sp³-hybridized carbons (Fsp3) is 0.200. The standard InChI is InChI=1S/C20H19ClN4O4/c1-13(19(29-2)16-8-3-4-9-17(16)21)22-20(26)18-10-11-24(23-18)14-6-5-7-15(12-14)25(27)28/h3-13,19H,1-2H3,(H,22,26)/t13-,19-/m1/s1. The molecule has 2 aromatic carbocycles. The first-order chi connectivity index (χ1) is 13.9. The number of carbonyl (C=O) groups is 1. The van der Waals surface area contributed by atoms with Crippen LogP contribution in [0, 0.1) is 10.1 Å². The predicted octanol–water partition coefficient (Wildman–Crippen LogP) is 3.94. The molecule has 1 aromatic heterocycles. The Hall–Kier alpha value is -3.23. The number of hydrogen-bond acceptors (Lipinski definition) is 5. The molecule has 150 valence electrons. The number of benzene rings is 2. The Kier molecular flexibility index (Phi) is 6.26. The summed E-state index contributed by atoms with van der Waals surface area (Å²) in [4.78, 5) is 23.1. The summed E-state index contributed by atoms with van der Waals surface area (Å²) in [5, 5.41) is 18.6. The van der Waals surface area contributed by atoms with Crippen LogP contribution in [0.3, 0.4) is 0 Å². The van der Waals surface area contributed by atoms with Crippen molar-refractivity contribution in [2.45, 2.75) is 19.1 Å². The van der Waals surface area contributed by atoms with Crippen molar-refractivity contribution < 1.29 is 14.5 Å². The fourth-order valence-corrected chi connectivity index (χ4v) is 3.24. The average molecular weight is 415 g/mol. The van der Waals surface area contributed by atoms with Crippen molar-refractivity contribution in [1.82, 2.24) is 15.1 Å². The molecule has 0 unspecified atom stereocenters. The maximum Gasteiger partial charge on any atom is 0.272 e. The van der Waals surface area contributed by atoms with Crippen LogP contribution in [0.4, 0.5) is 5.69 Å². The van der Waals surface area contributed by atoms with Gasteiger partial charge >= 0.3 is 0 Å².